The fraction of sp³-hybridized carbons (Fsp3) is 0.357. The van der Waals surface area contributed by atoms with Crippen LogP contribution >= 0.6 is 11.6 Å². The third kappa shape index (κ3) is 3.90. The molecule has 1 rings (SSSR count). The van der Waals surface area contributed by atoms with Gasteiger partial charge in [-0.3, -0.25) is 0 Å². The zero-order chi connectivity index (χ0) is 12.3. The molecule has 0 aliphatic rings. The van der Waals surface area contributed by atoms with Crippen molar-refractivity contribution >= 4 is 11.6 Å². The van der Waals surface area contributed by atoms with Gasteiger partial charge in [0.25, 0.3) is 0 Å². The Morgan fingerprint density at radius 2 is 1.94 bits per heavy atom. The summed E-state index contributed by atoms with van der Waals surface area (Å²) in [6, 6.07) is 5.72. The highest BCUT2D eigenvalue weighted by Crippen LogP contribution is 2.28. The fourth-order valence-corrected chi connectivity index (χ4v) is 1.55. The molecule has 0 fully saturated rings. The molecule has 1 nitrogen and oxygen atoms in total. The van der Waals surface area contributed by atoms with Crippen LogP contribution in [0.3, 0.4) is 0 Å². The summed E-state index contributed by atoms with van der Waals surface area (Å²) in [6.45, 7) is 11.8. The van der Waals surface area contributed by atoms with Crippen LogP contribution in [0, 0.1) is 5.92 Å². The van der Waals surface area contributed by atoms with Crippen molar-refractivity contribution in [2.24, 2.45) is 0 Å². The van der Waals surface area contributed by atoms with Crippen LogP contribution in [0.4, 0.5) is 0 Å². The van der Waals surface area contributed by atoms with Gasteiger partial charge in [0.2, 0.25) is 0 Å². The highest BCUT2D eigenvalue weighted by atomic mass is 35.5. The zero-order valence-electron chi connectivity index (χ0n) is 10.3. The number of halogens is 1. The number of hydrogen-bond donors (Lipinski definition) is 0. The van der Waals surface area contributed by atoms with Gasteiger partial charge in [-0.25, -0.2) is 0 Å². The maximum Gasteiger partial charge on any atom is 0.121 e. The molecular weight excluding hydrogens is 220 g/mol. The van der Waals surface area contributed by atoms with Crippen molar-refractivity contribution in [3.05, 3.63) is 47.4 Å². The van der Waals surface area contributed by atoms with Crippen molar-refractivity contribution < 1.29 is 4.74 Å². The van der Waals surface area contributed by atoms with Crippen LogP contribution in [-0.4, -0.2) is 5.60 Å². The third-order valence-corrected chi connectivity index (χ3v) is 2.28. The average molecular weight is 238 g/mol. The normalized spacial score (nSPS) is 11.6. The maximum atomic E-state index is 6.05. The van der Waals surface area contributed by atoms with Gasteiger partial charge in [-0.05, 0) is 44.5 Å². The minimum Gasteiger partial charge on any atom is -0.488 e. The Bertz CT molecular complexity index is 377. The lowest BCUT2D eigenvalue weighted by atomic mass is 10.0. The molecule has 0 spiro atoms. The number of allylic oxidation sites excluding steroid dienone is 1. The highest BCUT2D eigenvalue weighted by molar-refractivity contribution is 6.30. The largest absolute Gasteiger partial charge is 0.488 e. The lowest BCUT2D eigenvalue weighted by Gasteiger charge is -2.22. The summed E-state index contributed by atoms with van der Waals surface area (Å²) >= 11 is 6.05. The van der Waals surface area contributed by atoms with E-state index >= 15 is 0 Å². The molecule has 2 heteroatoms. The first-order valence-electron chi connectivity index (χ1n) is 5.28. The first-order chi connectivity index (χ1) is 7.31. The molecule has 0 saturated carbocycles. The molecule has 1 aromatic rings. The van der Waals surface area contributed by atoms with Crippen molar-refractivity contribution in [2.75, 3.05) is 0 Å². The van der Waals surface area contributed by atoms with Gasteiger partial charge in [0.1, 0.15) is 11.4 Å². The molecule has 0 aromatic heterocycles. The second kappa shape index (κ2) is 4.92. The number of ether oxygens (including phenoxy) is 1. The molecule has 0 N–H and O–H groups in total. The van der Waals surface area contributed by atoms with Crippen LogP contribution < -0.4 is 4.74 Å². The Morgan fingerprint density at radius 3 is 2.44 bits per heavy atom. The first kappa shape index (κ1) is 13.1. The Labute approximate surface area is 103 Å². The lowest BCUT2D eigenvalue weighted by Crippen LogP contribution is -2.23. The summed E-state index contributed by atoms with van der Waals surface area (Å²) in [5.41, 5.74) is 0.825. The van der Waals surface area contributed by atoms with Crippen LogP contribution in [0.15, 0.2) is 30.9 Å². The van der Waals surface area contributed by atoms with Gasteiger partial charge in [0.15, 0.2) is 0 Å². The summed E-state index contributed by atoms with van der Waals surface area (Å²) in [5.74, 6) is 1.87. The molecule has 0 unspecified atom stereocenters. The molecule has 0 bridgehead atoms. The molecule has 0 atom stereocenters. The molecule has 1 aromatic carbocycles. The second-order valence-electron chi connectivity index (χ2n) is 4.78. The molecule has 1 radical (unpaired) electrons. The van der Waals surface area contributed by atoms with E-state index in [-0.39, 0.29) is 5.60 Å². The van der Waals surface area contributed by atoms with E-state index in [0.29, 0.717) is 5.02 Å². The van der Waals surface area contributed by atoms with Crippen molar-refractivity contribution in [2.45, 2.75) is 33.3 Å². The summed E-state index contributed by atoms with van der Waals surface area (Å²) in [4.78, 5) is 0. The Kier molecular flexibility index (Phi) is 4.03. The number of hydrogen-bond acceptors (Lipinski definition) is 1. The van der Waals surface area contributed by atoms with E-state index < -0.39 is 0 Å². The third-order valence-electron chi connectivity index (χ3n) is 2.06. The lowest BCUT2D eigenvalue weighted by molar-refractivity contribution is 0.131. The van der Waals surface area contributed by atoms with Crippen LogP contribution in [0.1, 0.15) is 33.3 Å². The van der Waals surface area contributed by atoms with E-state index in [1.54, 1.807) is 0 Å². The highest BCUT2D eigenvalue weighted by Gasteiger charge is 2.13. The quantitative estimate of drug-likeness (QED) is 0.744. The van der Waals surface area contributed by atoms with Crippen LogP contribution in [-0.2, 0) is 0 Å². The molecular formula is C14H18ClO. The summed E-state index contributed by atoms with van der Waals surface area (Å²) in [5, 5.41) is 0.679. The van der Waals surface area contributed by atoms with Crippen LogP contribution in [0.25, 0.3) is 0 Å². The van der Waals surface area contributed by atoms with Gasteiger partial charge in [-0.2, -0.15) is 0 Å². The van der Waals surface area contributed by atoms with Crippen LogP contribution in [0.2, 0.25) is 5.02 Å². The Morgan fingerprint density at radius 1 is 1.31 bits per heavy atom. The fourth-order valence-electron chi connectivity index (χ4n) is 1.32. The molecule has 0 amide bonds. The van der Waals surface area contributed by atoms with Gasteiger partial charge >= 0.3 is 0 Å². The minimum atomic E-state index is -0.218. The van der Waals surface area contributed by atoms with E-state index in [1.807, 2.05) is 52.0 Å². The maximum absolute atomic E-state index is 6.05. The van der Waals surface area contributed by atoms with Crippen molar-refractivity contribution in [1.29, 1.82) is 0 Å². The first-order valence-corrected chi connectivity index (χ1v) is 5.65. The molecule has 0 aliphatic carbocycles. The molecule has 0 heterocycles. The van der Waals surface area contributed by atoms with E-state index in [9.17, 15) is 0 Å². The molecule has 16 heavy (non-hydrogen) atoms. The van der Waals surface area contributed by atoms with Gasteiger partial charge in [0, 0.05) is 10.9 Å². The number of benzene rings is 1. The predicted octanol–water partition coefficient (Wildman–Crippen LogP) is 4.65. The van der Waals surface area contributed by atoms with Gasteiger partial charge in [-0.1, -0.05) is 24.6 Å². The summed E-state index contributed by atoms with van der Waals surface area (Å²) < 4.78 is 5.79. The van der Waals surface area contributed by atoms with Crippen molar-refractivity contribution in [3.63, 3.8) is 0 Å². The van der Waals surface area contributed by atoms with E-state index in [0.717, 1.165) is 17.2 Å². The topological polar surface area (TPSA) is 9.23 Å². The summed E-state index contributed by atoms with van der Waals surface area (Å²) in [6.07, 6.45) is 1.81. The van der Waals surface area contributed by atoms with Crippen LogP contribution in [0.5, 0.6) is 5.75 Å². The van der Waals surface area contributed by atoms with Gasteiger partial charge in [-0.15, -0.1) is 6.58 Å². The molecule has 87 valence electrons. The van der Waals surface area contributed by atoms with Crippen molar-refractivity contribution in [1.82, 2.24) is 0 Å². The van der Waals surface area contributed by atoms with E-state index in [2.05, 4.69) is 6.58 Å². The molecule has 0 saturated heterocycles. The van der Waals surface area contributed by atoms with Gasteiger partial charge in [0.05, 0.1) is 0 Å². The SMILES string of the molecule is C=C[C](C)c1cc(Cl)cc(OC(C)(C)C)c1. The Balaban J connectivity index is 3.03. The number of rotatable bonds is 3. The van der Waals surface area contributed by atoms with Gasteiger partial charge < -0.3 is 4.74 Å². The predicted molar refractivity (Wildman–Crippen MR) is 70.0 cm³/mol. The summed E-state index contributed by atoms with van der Waals surface area (Å²) in [7, 11) is 0. The monoisotopic (exact) mass is 237 g/mol. The average Bonchev–Trinajstić information content (AvgIpc) is 2.12. The Hall–Kier alpha value is -0.950. The standard InChI is InChI=1S/C14H18ClO/c1-6-10(2)11-7-12(15)9-13(8-11)16-14(3,4)5/h6-9H,1H2,2-5H3. The van der Waals surface area contributed by atoms with Crippen molar-refractivity contribution in [3.8, 4) is 5.75 Å². The second-order valence-corrected chi connectivity index (χ2v) is 5.21. The molecule has 0 aliphatic heterocycles. The van der Waals surface area contributed by atoms with E-state index in [1.165, 1.54) is 0 Å². The smallest absolute Gasteiger partial charge is 0.121 e. The zero-order valence-corrected chi connectivity index (χ0v) is 11.1. The van der Waals surface area contributed by atoms with E-state index in [4.69, 9.17) is 16.3 Å². The minimum absolute atomic E-state index is 0.218.